The van der Waals surface area contributed by atoms with Crippen LogP contribution in [0.2, 0.25) is 0 Å². The quantitative estimate of drug-likeness (QED) is 0.538. The van der Waals surface area contributed by atoms with E-state index in [0.29, 0.717) is 12.2 Å². The van der Waals surface area contributed by atoms with E-state index in [4.69, 9.17) is 5.73 Å². The summed E-state index contributed by atoms with van der Waals surface area (Å²) in [6.45, 7) is 1.28. The van der Waals surface area contributed by atoms with Gasteiger partial charge in [0.1, 0.15) is 0 Å². The molecule has 0 aliphatic rings. The molecule has 0 saturated carbocycles. The van der Waals surface area contributed by atoms with E-state index in [-0.39, 0.29) is 11.6 Å². The fourth-order valence-electron chi connectivity index (χ4n) is 1.07. The summed E-state index contributed by atoms with van der Waals surface area (Å²) < 4.78 is 1.52. The molecule has 14 heavy (non-hydrogen) atoms. The summed E-state index contributed by atoms with van der Waals surface area (Å²) in [6.07, 6.45) is 1.60. The van der Waals surface area contributed by atoms with E-state index in [2.05, 4.69) is 15.7 Å². The number of aryl methyl sites for hydroxylation is 1. The Morgan fingerprint density at radius 1 is 1.64 bits per heavy atom. The van der Waals surface area contributed by atoms with Gasteiger partial charge in [-0.05, 0) is 7.05 Å². The number of likely N-dealkylation sites (N-methyl/N-ethyl adjacent to an activating group) is 1. The van der Waals surface area contributed by atoms with Crippen molar-refractivity contribution in [3.63, 3.8) is 0 Å². The molecule has 0 radical (unpaired) electrons. The molecule has 6 nitrogen and oxygen atoms in total. The average molecular weight is 197 g/mol. The average Bonchev–Trinajstić information content (AvgIpc) is 2.45. The summed E-state index contributed by atoms with van der Waals surface area (Å²) in [5, 5.41) is 9.57. The van der Waals surface area contributed by atoms with Gasteiger partial charge >= 0.3 is 0 Å². The molecule has 6 heteroatoms. The molecular formula is C8H15N5O. The number of carbonyl (C=O) groups is 1. The third-order valence-corrected chi connectivity index (χ3v) is 1.73. The van der Waals surface area contributed by atoms with Crippen LogP contribution in [0.5, 0.6) is 0 Å². The van der Waals surface area contributed by atoms with Gasteiger partial charge in [0.25, 0.3) is 5.91 Å². The number of carbonyl (C=O) groups excluding carboxylic acids is 1. The first-order valence-electron chi connectivity index (χ1n) is 4.37. The molecule has 1 heterocycles. The molecule has 0 spiro atoms. The SMILES string of the molecule is CNCCNC(=O)c1nn(C)cc1N. The fraction of sp³-hybridized carbons (Fsp3) is 0.500. The molecule has 0 saturated heterocycles. The van der Waals surface area contributed by atoms with E-state index in [9.17, 15) is 4.79 Å². The standard InChI is InChI=1S/C8H15N5O/c1-10-3-4-11-8(14)7-6(9)5-13(2)12-7/h5,10H,3-4,9H2,1-2H3,(H,11,14). The number of aromatic nitrogens is 2. The molecule has 4 N–H and O–H groups in total. The van der Waals surface area contributed by atoms with Crippen LogP contribution in [0.3, 0.4) is 0 Å². The summed E-state index contributed by atoms with van der Waals surface area (Å²) in [5.74, 6) is -0.238. The Labute approximate surface area is 82.5 Å². The lowest BCUT2D eigenvalue weighted by molar-refractivity contribution is 0.0949. The minimum Gasteiger partial charge on any atom is -0.396 e. The molecule has 1 rings (SSSR count). The van der Waals surface area contributed by atoms with E-state index in [1.165, 1.54) is 4.68 Å². The number of amides is 1. The number of nitrogens with two attached hydrogens (primary N) is 1. The topological polar surface area (TPSA) is 85.0 Å². The molecule has 0 aliphatic heterocycles. The highest BCUT2D eigenvalue weighted by atomic mass is 16.1. The Balaban J connectivity index is 2.56. The maximum Gasteiger partial charge on any atom is 0.273 e. The Hall–Kier alpha value is -1.56. The zero-order valence-electron chi connectivity index (χ0n) is 8.37. The van der Waals surface area contributed by atoms with Crippen LogP contribution >= 0.6 is 0 Å². The molecule has 0 atom stereocenters. The van der Waals surface area contributed by atoms with Gasteiger partial charge in [-0.25, -0.2) is 0 Å². The highest BCUT2D eigenvalue weighted by molar-refractivity contribution is 5.96. The molecule has 1 amide bonds. The van der Waals surface area contributed by atoms with Gasteiger partial charge in [-0.2, -0.15) is 5.10 Å². The summed E-state index contributed by atoms with van der Waals surface area (Å²) >= 11 is 0. The first-order chi connectivity index (χ1) is 6.65. The summed E-state index contributed by atoms with van der Waals surface area (Å²) in [5.41, 5.74) is 6.27. The van der Waals surface area contributed by atoms with Crippen LogP contribution < -0.4 is 16.4 Å². The predicted molar refractivity (Wildman–Crippen MR) is 53.9 cm³/mol. The second kappa shape index (κ2) is 4.61. The minimum absolute atomic E-state index is 0.238. The highest BCUT2D eigenvalue weighted by Crippen LogP contribution is 2.06. The molecule has 0 aromatic carbocycles. The molecule has 0 unspecified atom stereocenters. The Bertz CT molecular complexity index is 320. The smallest absolute Gasteiger partial charge is 0.273 e. The second-order valence-electron chi connectivity index (χ2n) is 2.97. The lowest BCUT2D eigenvalue weighted by Gasteiger charge is -2.02. The van der Waals surface area contributed by atoms with Crippen molar-refractivity contribution < 1.29 is 4.79 Å². The Morgan fingerprint density at radius 3 is 2.86 bits per heavy atom. The van der Waals surface area contributed by atoms with Gasteiger partial charge in [-0.3, -0.25) is 9.48 Å². The molecule has 0 aliphatic carbocycles. The number of nitrogens with zero attached hydrogens (tertiary/aromatic N) is 2. The normalized spacial score (nSPS) is 10.1. The lowest BCUT2D eigenvalue weighted by Crippen LogP contribution is -2.31. The van der Waals surface area contributed by atoms with E-state index in [0.717, 1.165) is 6.54 Å². The van der Waals surface area contributed by atoms with Gasteiger partial charge in [-0.15, -0.1) is 0 Å². The van der Waals surface area contributed by atoms with Crippen LogP contribution in [0.1, 0.15) is 10.5 Å². The molecule has 78 valence electrons. The molecule has 0 bridgehead atoms. The van der Waals surface area contributed by atoms with Crippen LogP contribution in [0.15, 0.2) is 6.20 Å². The molecular weight excluding hydrogens is 182 g/mol. The fourth-order valence-corrected chi connectivity index (χ4v) is 1.07. The van der Waals surface area contributed by atoms with Crippen LogP contribution in [0.25, 0.3) is 0 Å². The van der Waals surface area contributed by atoms with E-state index in [1.807, 2.05) is 7.05 Å². The summed E-state index contributed by atoms with van der Waals surface area (Å²) in [6, 6.07) is 0. The van der Waals surface area contributed by atoms with Crippen LogP contribution in [-0.4, -0.2) is 35.8 Å². The van der Waals surface area contributed by atoms with Gasteiger partial charge in [0.05, 0.1) is 5.69 Å². The maximum absolute atomic E-state index is 11.5. The number of anilines is 1. The zero-order chi connectivity index (χ0) is 10.6. The third-order valence-electron chi connectivity index (χ3n) is 1.73. The van der Waals surface area contributed by atoms with Crippen molar-refractivity contribution in [1.82, 2.24) is 20.4 Å². The predicted octanol–water partition coefficient (Wildman–Crippen LogP) is -1.05. The van der Waals surface area contributed by atoms with E-state index in [1.54, 1.807) is 13.2 Å². The first-order valence-corrected chi connectivity index (χ1v) is 4.37. The monoisotopic (exact) mass is 197 g/mol. The number of hydrogen-bond acceptors (Lipinski definition) is 4. The Kier molecular flexibility index (Phi) is 3.47. The highest BCUT2D eigenvalue weighted by Gasteiger charge is 2.12. The van der Waals surface area contributed by atoms with Crippen LogP contribution in [-0.2, 0) is 7.05 Å². The van der Waals surface area contributed by atoms with E-state index >= 15 is 0 Å². The van der Waals surface area contributed by atoms with Gasteiger partial charge in [0.2, 0.25) is 0 Å². The summed E-state index contributed by atoms with van der Waals surface area (Å²) in [7, 11) is 3.54. The van der Waals surface area contributed by atoms with Crippen LogP contribution in [0, 0.1) is 0 Å². The van der Waals surface area contributed by atoms with Crippen molar-refractivity contribution in [1.29, 1.82) is 0 Å². The number of hydrogen-bond donors (Lipinski definition) is 3. The summed E-state index contributed by atoms with van der Waals surface area (Å²) in [4.78, 5) is 11.5. The molecule has 1 aromatic heterocycles. The van der Waals surface area contributed by atoms with Crippen molar-refractivity contribution in [3.05, 3.63) is 11.9 Å². The molecule has 0 fully saturated rings. The van der Waals surface area contributed by atoms with Gasteiger partial charge in [0, 0.05) is 26.3 Å². The lowest BCUT2D eigenvalue weighted by atomic mass is 10.3. The zero-order valence-corrected chi connectivity index (χ0v) is 8.37. The first kappa shape index (κ1) is 10.5. The van der Waals surface area contributed by atoms with Crippen LogP contribution in [0.4, 0.5) is 5.69 Å². The van der Waals surface area contributed by atoms with Gasteiger partial charge in [0.15, 0.2) is 5.69 Å². The maximum atomic E-state index is 11.5. The number of nitrogens with one attached hydrogen (secondary N) is 2. The van der Waals surface area contributed by atoms with Crippen molar-refractivity contribution in [2.45, 2.75) is 0 Å². The second-order valence-corrected chi connectivity index (χ2v) is 2.97. The number of rotatable bonds is 4. The van der Waals surface area contributed by atoms with Crippen molar-refractivity contribution in [3.8, 4) is 0 Å². The van der Waals surface area contributed by atoms with Crippen molar-refractivity contribution in [2.75, 3.05) is 25.9 Å². The third kappa shape index (κ3) is 2.46. The van der Waals surface area contributed by atoms with Gasteiger partial charge in [-0.1, -0.05) is 0 Å². The van der Waals surface area contributed by atoms with Crippen molar-refractivity contribution in [2.24, 2.45) is 7.05 Å². The van der Waals surface area contributed by atoms with Crippen molar-refractivity contribution >= 4 is 11.6 Å². The molecule has 1 aromatic rings. The Morgan fingerprint density at radius 2 is 2.36 bits per heavy atom. The number of nitrogen functional groups attached to an aromatic ring is 1. The largest absolute Gasteiger partial charge is 0.396 e. The van der Waals surface area contributed by atoms with Gasteiger partial charge < -0.3 is 16.4 Å². The minimum atomic E-state index is -0.238. The van der Waals surface area contributed by atoms with E-state index < -0.39 is 0 Å².